The molecule has 0 aliphatic carbocycles. The maximum atomic E-state index is 12.6. The van der Waals surface area contributed by atoms with Crippen molar-refractivity contribution in [1.82, 2.24) is 19.4 Å². The predicted octanol–water partition coefficient (Wildman–Crippen LogP) is 1.76. The smallest absolute Gasteiger partial charge is 0.273 e. The van der Waals surface area contributed by atoms with Crippen molar-refractivity contribution in [3.8, 4) is 0 Å². The molecule has 6 nitrogen and oxygen atoms in total. The van der Waals surface area contributed by atoms with Gasteiger partial charge in [-0.05, 0) is 18.6 Å². The molecule has 1 aliphatic rings. The maximum absolute atomic E-state index is 12.6. The van der Waals surface area contributed by atoms with Gasteiger partial charge in [-0.3, -0.25) is 4.79 Å². The van der Waals surface area contributed by atoms with Crippen molar-refractivity contribution < 1.29 is 4.79 Å². The number of amides is 1. The van der Waals surface area contributed by atoms with Gasteiger partial charge in [-0.25, -0.2) is 9.97 Å². The monoisotopic (exact) mass is 285 g/mol. The van der Waals surface area contributed by atoms with E-state index in [1.165, 1.54) is 0 Å². The number of pyridine rings is 1. The number of nitrogens with zero attached hydrogens (tertiary/aromatic N) is 4. The standard InChI is InChI=1S/C15H19N5O/c1-2-6-16-13-5-3-4-12(18-13)15(21)20-10-9-19-8-7-17-14(19)11-20/h3-5,7-8H,2,6,9-11H2,1H3,(H,16,18). The second kappa shape index (κ2) is 5.95. The third-order valence-electron chi connectivity index (χ3n) is 3.56. The Balaban J connectivity index is 1.73. The highest BCUT2D eigenvalue weighted by atomic mass is 16.2. The summed E-state index contributed by atoms with van der Waals surface area (Å²) in [5.41, 5.74) is 0.483. The van der Waals surface area contributed by atoms with Gasteiger partial charge in [-0.15, -0.1) is 0 Å². The van der Waals surface area contributed by atoms with Crippen LogP contribution in [0.4, 0.5) is 5.82 Å². The topological polar surface area (TPSA) is 63.1 Å². The molecule has 0 fully saturated rings. The molecular weight excluding hydrogens is 266 g/mol. The van der Waals surface area contributed by atoms with E-state index in [4.69, 9.17) is 0 Å². The average molecular weight is 285 g/mol. The first-order valence-corrected chi connectivity index (χ1v) is 7.28. The molecule has 0 aromatic carbocycles. The van der Waals surface area contributed by atoms with Crippen LogP contribution in [-0.2, 0) is 13.1 Å². The number of rotatable bonds is 4. The Hall–Kier alpha value is -2.37. The van der Waals surface area contributed by atoms with Crippen LogP contribution in [0.25, 0.3) is 0 Å². The number of aromatic nitrogens is 3. The minimum atomic E-state index is -0.0376. The Kier molecular flexibility index (Phi) is 3.85. The van der Waals surface area contributed by atoms with E-state index in [0.717, 1.165) is 31.2 Å². The Morgan fingerprint density at radius 3 is 3.14 bits per heavy atom. The minimum Gasteiger partial charge on any atom is -0.370 e. The zero-order valence-corrected chi connectivity index (χ0v) is 12.1. The Morgan fingerprint density at radius 1 is 1.38 bits per heavy atom. The first kappa shape index (κ1) is 13.6. The summed E-state index contributed by atoms with van der Waals surface area (Å²) in [6.07, 6.45) is 4.75. The zero-order valence-electron chi connectivity index (χ0n) is 12.1. The van der Waals surface area contributed by atoms with E-state index >= 15 is 0 Å². The van der Waals surface area contributed by atoms with Crippen molar-refractivity contribution in [1.29, 1.82) is 0 Å². The van der Waals surface area contributed by atoms with Crippen LogP contribution in [0.2, 0.25) is 0 Å². The van der Waals surface area contributed by atoms with Crippen molar-refractivity contribution in [3.63, 3.8) is 0 Å². The Labute approximate surface area is 123 Å². The Morgan fingerprint density at radius 2 is 2.29 bits per heavy atom. The zero-order chi connectivity index (χ0) is 14.7. The second-order valence-corrected chi connectivity index (χ2v) is 5.10. The van der Waals surface area contributed by atoms with Crippen LogP contribution in [0.5, 0.6) is 0 Å². The lowest BCUT2D eigenvalue weighted by Crippen LogP contribution is -2.38. The highest BCUT2D eigenvalue weighted by molar-refractivity contribution is 5.92. The molecule has 21 heavy (non-hydrogen) atoms. The van der Waals surface area contributed by atoms with E-state index in [1.807, 2.05) is 18.3 Å². The van der Waals surface area contributed by atoms with Gasteiger partial charge in [-0.1, -0.05) is 13.0 Å². The number of hydrogen-bond acceptors (Lipinski definition) is 4. The van der Waals surface area contributed by atoms with Gasteiger partial charge in [0.2, 0.25) is 0 Å². The van der Waals surface area contributed by atoms with Crippen molar-refractivity contribution in [2.24, 2.45) is 0 Å². The van der Waals surface area contributed by atoms with E-state index in [2.05, 4.69) is 26.8 Å². The third-order valence-corrected chi connectivity index (χ3v) is 3.56. The van der Waals surface area contributed by atoms with Crippen LogP contribution in [0.1, 0.15) is 29.7 Å². The molecule has 0 unspecified atom stereocenters. The van der Waals surface area contributed by atoms with Gasteiger partial charge in [0.05, 0.1) is 6.54 Å². The van der Waals surface area contributed by atoms with Gasteiger partial charge in [0.15, 0.2) is 0 Å². The van der Waals surface area contributed by atoms with Gasteiger partial charge in [0.25, 0.3) is 5.91 Å². The van der Waals surface area contributed by atoms with Crippen LogP contribution in [0.3, 0.4) is 0 Å². The minimum absolute atomic E-state index is 0.0376. The number of carbonyl (C=O) groups is 1. The molecule has 2 aromatic heterocycles. The fraction of sp³-hybridized carbons (Fsp3) is 0.400. The van der Waals surface area contributed by atoms with Gasteiger partial charge in [0.1, 0.15) is 17.3 Å². The molecule has 6 heteroatoms. The van der Waals surface area contributed by atoms with Crippen LogP contribution < -0.4 is 5.32 Å². The fourth-order valence-electron chi connectivity index (χ4n) is 2.41. The summed E-state index contributed by atoms with van der Waals surface area (Å²) < 4.78 is 2.08. The molecule has 0 saturated heterocycles. The van der Waals surface area contributed by atoms with Crippen LogP contribution in [-0.4, -0.2) is 38.4 Å². The summed E-state index contributed by atoms with van der Waals surface area (Å²) in [7, 11) is 0. The molecule has 110 valence electrons. The molecule has 1 N–H and O–H groups in total. The number of fused-ring (bicyclic) bond motifs is 1. The fourth-order valence-corrected chi connectivity index (χ4v) is 2.41. The van der Waals surface area contributed by atoms with Crippen molar-refractivity contribution in [3.05, 3.63) is 42.1 Å². The molecule has 0 spiro atoms. The van der Waals surface area contributed by atoms with Gasteiger partial charge >= 0.3 is 0 Å². The summed E-state index contributed by atoms with van der Waals surface area (Å²) in [6, 6.07) is 5.51. The number of anilines is 1. The molecule has 3 heterocycles. The lowest BCUT2D eigenvalue weighted by Gasteiger charge is -2.27. The van der Waals surface area contributed by atoms with Crippen LogP contribution in [0.15, 0.2) is 30.6 Å². The number of nitrogens with one attached hydrogen (secondary N) is 1. The highest BCUT2D eigenvalue weighted by Crippen LogP contribution is 2.14. The summed E-state index contributed by atoms with van der Waals surface area (Å²) in [4.78, 5) is 23.0. The second-order valence-electron chi connectivity index (χ2n) is 5.10. The van der Waals surface area contributed by atoms with Crippen molar-refractivity contribution in [2.75, 3.05) is 18.4 Å². The quantitative estimate of drug-likeness (QED) is 0.929. The van der Waals surface area contributed by atoms with E-state index in [1.54, 1.807) is 17.2 Å². The highest BCUT2D eigenvalue weighted by Gasteiger charge is 2.23. The SMILES string of the molecule is CCCNc1cccc(C(=O)N2CCn3ccnc3C2)n1. The molecule has 0 saturated carbocycles. The maximum Gasteiger partial charge on any atom is 0.273 e. The van der Waals surface area contributed by atoms with Crippen molar-refractivity contribution in [2.45, 2.75) is 26.4 Å². The van der Waals surface area contributed by atoms with Gasteiger partial charge in [-0.2, -0.15) is 0 Å². The molecular formula is C15H19N5O. The van der Waals surface area contributed by atoms with E-state index in [0.29, 0.717) is 18.8 Å². The van der Waals surface area contributed by atoms with Crippen molar-refractivity contribution >= 4 is 11.7 Å². The molecule has 0 radical (unpaired) electrons. The van der Waals surface area contributed by atoms with E-state index < -0.39 is 0 Å². The van der Waals surface area contributed by atoms with E-state index in [-0.39, 0.29) is 5.91 Å². The summed E-state index contributed by atoms with van der Waals surface area (Å²) >= 11 is 0. The first-order valence-electron chi connectivity index (χ1n) is 7.28. The Bertz CT molecular complexity index is 636. The van der Waals surface area contributed by atoms with E-state index in [9.17, 15) is 4.79 Å². The summed E-state index contributed by atoms with van der Waals surface area (Å²) in [5, 5.41) is 3.21. The summed E-state index contributed by atoms with van der Waals surface area (Å²) in [5.74, 6) is 1.64. The molecule has 1 aliphatic heterocycles. The normalized spacial score (nSPS) is 13.9. The summed E-state index contributed by atoms with van der Waals surface area (Å²) in [6.45, 7) is 4.97. The lowest BCUT2D eigenvalue weighted by atomic mass is 10.2. The average Bonchev–Trinajstić information content (AvgIpc) is 3.00. The number of hydrogen-bond donors (Lipinski definition) is 1. The molecule has 0 atom stereocenters. The molecule has 1 amide bonds. The van der Waals surface area contributed by atoms with Gasteiger partial charge < -0.3 is 14.8 Å². The molecule has 0 bridgehead atoms. The lowest BCUT2D eigenvalue weighted by molar-refractivity contribution is 0.0701. The first-order chi connectivity index (χ1) is 10.3. The third kappa shape index (κ3) is 2.89. The largest absolute Gasteiger partial charge is 0.370 e. The molecule has 2 aromatic rings. The number of imidazole rings is 1. The number of carbonyl (C=O) groups excluding carboxylic acids is 1. The van der Waals surface area contributed by atoms with Crippen LogP contribution in [0, 0.1) is 0 Å². The predicted molar refractivity (Wildman–Crippen MR) is 80.0 cm³/mol. The van der Waals surface area contributed by atoms with Gasteiger partial charge in [0, 0.05) is 32.0 Å². The molecule has 3 rings (SSSR count). The van der Waals surface area contributed by atoms with Crippen LogP contribution >= 0.6 is 0 Å².